The summed E-state index contributed by atoms with van der Waals surface area (Å²) in [4.78, 5) is 6.08. The molecule has 0 aliphatic rings. The fourth-order valence-corrected chi connectivity index (χ4v) is 2.25. The summed E-state index contributed by atoms with van der Waals surface area (Å²) in [6.07, 6.45) is 3.67. The third-order valence-electron chi connectivity index (χ3n) is 3.08. The van der Waals surface area contributed by atoms with Crippen molar-refractivity contribution in [2.75, 3.05) is 23.9 Å². The van der Waals surface area contributed by atoms with Crippen LogP contribution >= 0.6 is 23.2 Å². The largest absolute Gasteiger partial charge is 0.374 e. The van der Waals surface area contributed by atoms with Crippen molar-refractivity contribution in [3.63, 3.8) is 0 Å². The van der Waals surface area contributed by atoms with Crippen molar-refractivity contribution in [1.82, 2.24) is 4.98 Å². The molecule has 0 spiro atoms. The van der Waals surface area contributed by atoms with Gasteiger partial charge < -0.3 is 4.90 Å². The molecule has 1 N–H and O–H groups in total. The molecule has 5 nitrogen and oxygen atoms in total. The standard InChI is InChI=1S/C16H15Cl2N5/c1-23(8-2-7-19)14-5-3-12(4-6-14)10-21-22-16-15(18)9-13(17)11-20-16/h3-6,9-11H,2,8H2,1H3,(H,20,22)/b21-10-. The number of nitrogens with zero attached hydrogens (tertiary/aromatic N) is 4. The number of hydrogen-bond donors (Lipinski definition) is 1. The Balaban J connectivity index is 1.96. The molecule has 1 heterocycles. The molecule has 0 bridgehead atoms. The lowest BCUT2D eigenvalue weighted by Crippen LogP contribution is -2.17. The predicted molar refractivity (Wildman–Crippen MR) is 95.4 cm³/mol. The topological polar surface area (TPSA) is 64.3 Å². The molecule has 1 aromatic carbocycles. The lowest BCUT2D eigenvalue weighted by molar-refractivity contribution is 0.905. The van der Waals surface area contributed by atoms with Gasteiger partial charge in [0.25, 0.3) is 0 Å². The highest BCUT2D eigenvalue weighted by Gasteiger charge is 2.01. The van der Waals surface area contributed by atoms with Crippen LogP contribution in [0.25, 0.3) is 0 Å². The van der Waals surface area contributed by atoms with E-state index in [0.29, 0.717) is 28.8 Å². The van der Waals surface area contributed by atoms with Gasteiger partial charge in [-0.15, -0.1) is 0 Å². The average Bonchev–Trinajstić information content (AvgIpc) is 2.55. The molecule has 0 radical (unpaired) electrons. The van der Waals surface area contributed by atoms with Gasteiger partial charge in [0.1, 0.15) is 0 Å². The van der Waals surface area contributed by atoms with Crippen molar-refractivity contribution in [2.24, 2.45) is 5.10 Å². The maximum Gasteiger partial charge on any atom is 0.165 e. The summed E-state index contributed by atoms with van der Waals surface area (Å²) in [7, 11) is 1.95. The third kappa shape index (κ3) is 5.13. The van der Waals surface area contributed by atoms with E-state index in [2.05, 4.69) is 21.6 Å². The van der Waals surface area contributed by atoms with Crippen molar-refractivity contribution in [2.45, 2.75) is 6.42 Å². The number of aromatic nitrogens is 1. The van der Waals surface area contributed by atoms with Gasteiger partial charge in [-0.05, 0) is 23.8 Å². The van der Waals surface area contributed by atoms with Gasteiger partial charge in [0, 0.05) is 25.5 Å². The van der Waals surface area contributed by atoms with Crippen LogP contribution in [0.3, 0.4) is 0 Å². The van der Waals surface area contributed by atoms with E-state index in [1.165, 1.54) is 6.20 Å². The monoisotopic (exact) mass is 347 g/mol. The van der Waals surface area contributed by atoms with Crippen LogP contribution in [0, 0.1) is 11.3 Å². The van der Waals surface area contributed by atoms with Gasteiger partial charge in [-0.1, -0.05) is 35.3 Å². The fourth-order valence-electron chi connectivity index (χ4n) is 1.83. The Kier molecular flexibility index (Phi) is 6.21. The number of nitrogens with one attached hydrogen (secondary N) is 1. The molecule has 7 heteroatoms. The molecule has 0 amide bonds. The van der Waals surface area contributed by atoms with E-state index >= 15 is 0 Å². The fraction of sp³-hybridized carbons (Fsp3) is 0.188. The third-order valence-corrected chi connectivity index (χ3v) is 3.58. The van der Waals surface area contributed by atoms with Crippen molar-refractivity contribution in [3.8, 4) is 6.07 Å². The van der Waals surface area contributed by atoms with Crippen LogP contribution in [-0.4, -0.2) is 24.8 Å². The van der Waals surface area contributed by atoms with E-state index in [0.717, 1.165) is 11.3 Å². The Morgan fingerprint density at radius 1 is 1.35 bits per heavy atom. The predicted octanol–water partition coefficient (Wildman–Crippen LogP) is 4.18. The molecule has 23 heavy (non-hydrogen) atoms. The maximum absolute atomic E-state index is 8.61. The first-order valence-electron chi connectivity index (χ1n) is 6.88. The molecule has 2 rings (SSSR count). The summed E-state index contributed by atoms with van der Waals surface area (Å²) in [5.41, 5.74) is 4.75. The number of rotatable bonds is 6. The zero-order valence-electron chi connectivity index (χ0n) is 12.5. The van der Waals surface area contributed by atoms with Crippen molar-refractivity contribution in [1.29, 1.82) is 5.26 Å². The molecule has 2 aromatic rings. The lowest BCUT2D eigenvalue weighted by Gasteiger charge is -2.17. The van der Waals surface area contributed by atoms with E-state index in [1.807, 2.05) is 36.2 Å². The minimum absolute atomic E-state index is 0.407. The molecule has 0 saturated carbocycles. The number of anilines is 2. The van der Waals surface area contributed by atoms with Crippen LogP contribution in [0.4, 0.5) is 11.5 Å². The zero-order valence-corrected chi connectivity index (χ0v) is 14.0. The van der Waals surface area contributed by atoms with E-state index < -0.39 is 0 Å². The zero-order chi connectivity index (χ0) is 16.7. The minimum Gasteiger partial charge on any atom is -0.374 e. The van der Waals surface area contributed by atoms with Gasteiger partial charge in [-0.2, -0.15) is 10.4 Å². The van der Waals surface area contributed by atoms with Crippen LogP contribution in [0.15, 0.2) is 41.6 Å². The van der Waals surface area contributed by atoms with Crippen LogP contribution in [-0.2, 0) is 0 Å². The van der Waals surface area contributed by atoms with E-state index in [4.69, 9.17) is 28.5 Å². The SMILES string of the molecule is CN(CCC#N)c1ccc(/C=N\Nc2ncc(Cl)cc2Cl)cc1. The minimum atomic E-state index is 0.407. The number of halogens is 2. The smallest absolute Gasteiger partial charge is 0.165 e. The highest BCUT2D eigenvalue weighted by Crippen LogP contribution is 2.22. The summed E-state index contributed by atoms with van der Waals surface area (Å²) >= 11 is 11.8. The number of hydrogen-bond acceptors (Lipinski definition) is 5. The summed E-state index contributed by atoms with van der Waals surface area (Å²) < 4.78 is 0. The lowest BCUT2D eigenvalue weighted by atomic mass is 10.2. The quantitative estimate of drug-likeness (QED) is 0.628. The van der Waals surface area contributed by atoms with Crippen molar-refractivity contribution in [3.05, 3.63) is 52.1 Å². The highest BCUT2D eigenvalue weighted by atomic mass is 35.5. The molecule has 118 valence electrons. The van der Waals surface area contributed by atoms with Crippen LogP contribution < -0.4 is 10.3 Å². The molecule has 0 aliphatic carbocycles. The summed E-state index contributed by atoms with van der Waals surface area (Å²) in [6.45, 7) is 0.701. The van der Waals surface area contributed by atoms with E-state index in [-0.39, 0.29) is 0 Å². The number of nitriles is 1. The molecule has 0 fully saturated rings. The molecule has 0 aliphatic heterocycles. The molecular weight excluding hydrogens is 333 g/mol. The summed E-state index contributed by atoms with van der Waals surface area (Å²) in [5, 5.41) is 13.6. The van der Waals surface area contributed by atoms with Crippen LogP contribution in [0.5, 0.6) is 0 Å². The van der Waals surface area contributed by atoms with Crippen molar-refractivity contribution < 1.29 is 0 Å². The second-order valence-corrected chi connectivity index (χ2v) is 5.62. The number of hydrazone groups is 1. The Morgan fingerprint density at radius 3 is 2.74 bits per heavy atom. The normalized spacial score (nSPS) is 10.5. The molecular formula is C16H15Cl2N5. The maximum atomic E-state index is 8.61. The Morgan fingerprint density at radius 2 is 2.09 bits per heavy atom. The van der Waals surface area contributed by atoms with Crippen molar-refractivity contribution >= 4 is 40.9 Å². The van der Waals surface area contributed by atoms with Gasteiger partial charge in [0.15, 0.2) is 5.82 Å². The summed E-state index contributed by atoms with van der Waals surface area (Å²) in [6, 6.07) is 11.6. The molecule has 0 unspecified atom stereocenters. The Hall–Kier alpha value is -2.29. The van der Waals surface area contributed by atoms with Gasteiger partial charge >= 0.3 is 0 Å². The number of pyridine rings is 1. The first-order valence-corrected chi connectivity index (χ1v) is 7.64. The molecule has 0 atom stereocenters. The highest BCUT2D eigenvalue weighted by molar-refractivity contribution is 6.35. The first-order chi connectivity index (χ1) is 11.1. The van der Waals surface area contributed by atoms with Gasteiger partial charge in [-0.25, -0.2) is 4.98 Å². The first kappa shape index (κ1) is 17.1. The van der Waals surface area contributed by atoms with E-state index in [1.54, 1.807) is 12.3 Å². The van der Waals surface area contributed by atoms with Crippen LogP contribution in [0.1, 0.15) is 12.0 Å². The van der Waals surface area contributed by atoms with Gasteiger partial charge in [0.05, 0.1) is 28.7 Å². The second kappa shape index (κ2) is 8.37. The number of benzene rings is 1. The van der Waals surface area contributed by atoms with Crippen LogP contribution in [0.2, 0.25) is 10.0 Å². The Labute approximate surface area is 145 Å². The molecule has 0 saturated heterocycles. The van der Waals surface area contributed by atoms with Gasteiger partial charge in [-0.3, -0.25) is 5.43 Å². The Bertz CT molecular complexity index is 722. The van der Waals surface area contributed by atoms with E-state index in [9.17, 15) is 0 Å². The van der Waals surface area contributed by atoms with Gasteiger partial charge in [0.2, 0.25) is 0 Å². The molecule has 1 aromatic heterocycles. The average molecular weight is 348 g/mol. The summed E-state index contributed by atoms with van der Waals surface area (Å²) in [5.74, 6) is 0.445. The second-order valence-electron chi connectivity index (χ2n) is 4.78.